The molecule has 0 aliphatic carbocycles. The van der Waals surface area contributed by atoms with Gasteiger partial charge in [0.05, 0.1) is 5.52 Å². The van der Waals surface area contributed by atoms with Crippen molar-refractivity contribution in [3.05, 3.63) is 30.0 Å². The summed E-state index contributed by atoms with van der Waals surface area (Å²) in [5.41, 5.74) is 0.841. The Bertz CT molecular complexity index is 490. The molecule has 2 rings (SSSR count). The van der Waals surface area contributed by atoms with Gasteiger partial charge in [-0.25, -0.2) is 0 Å². The van der Waals surface area contributed by atoms with Gasteiger partial charge in [0.25, 0.3) is 0 Å². The number of aromatic nitrogens is 2. The summed E-state index contributed by atoms with van der Waals surface area (Å²) < 4.78 is 38.4. The molecule has 0 spiro atoms. The summed E-state index contributed by atoms with van der Waals surface area (Å²) in [6.07, 6.45) is -0.915. The molecule has 0 fully saturated rings. The topological polar surface area (TPSA) is 17.8 Å². The number of para-hydroxylation sites is 1. The first-order valence-corrected chi connectivity index (χ1v) is 4.59. The molecule has 0 saturated carbocycles. The molecular weight excluding hydrogens is 204 g/mol. The zero-order valence-electron chi connectivity index (χ0n) is 8.12. The summed E-state index contributed by atoms with van der Waals surface area (Å²) in [7, 11) is 1.65. The molecule has 0 unspecified atom stereocenters. The molecule has 0 aliphatic rings. The minimum Gasteiger partial charge on any atom is -0.449 e. The summed E-state index contributed by atoms with van der Waals surface area (Å²) >= 11 is 0. The predicted octanol–water partition coefficient (Wildman–Crippen LogP) is 2.50. The first-order valence-electron chi connectivity index (χ1n) is 4.59. The number of rotatable bonds is 2. The Hall–Kier alpha value is -1.46. The van der Waals surface area contributed by atoms with E-state index in [4.69, 9.17) is 0 Å². The van der Waals surface area contributed by atoms with Crippen LogP contribution < -0.4 is 0 Å². The Labute approximate surface area is 84.8 Å². The molecule has 0 atom stereocenters. The Morgan fingerprint density at radius 1 is 1.27 bits per heavy atom. The Morgan fingerprint density at radius 2 is 1.93 bits per heavy atom. The van der Waals surface area contributed by atoms with E-state index in [1.807, 2.05) is 0 Å². The van der Waals surface area contributed by atoms with Crippen molar-refractivity contribution in [3.63, 3.8) is 0 Å². The van der Waals surface area contributed by atoms with Gasteiger partial charge in [-0.3, -0.25) is 4.68 Å². The Morgan fingerprint density at radius 3 is 2.60 bits per heavy atom. The lowest BCUT2D eigenvalue weighted by atomic mass is 9.83. The molecule has 1 aromatic carbocycles. The lowest BCUT2D eigenvalue weighted by Gasteiger charge is -2.10. The van der Waals surface area contributed by atoms with E-state index in [-0.39, 0.29) is 5.69 Å². The van der Waals surface area contributed by atoms with Crippen molar-refractivity contribution >= 4 is 17.9 Å². The maximum absolute atomic E-state index is 12.3. The van der Waals surface area contributed by atoms with E-state index in [1.54, 1.807) is 31.3 Å². The predicted molar refractivity (Wildman–Crippen MR) is 53.5 cm³/mol. The normalized spacial score (nSPS) is 12.3. The van der Waals surface area contributed by atoms with E-state index < -0.39 is 13.3 Å². The van der Waals surface area contributed by atoms with Gasteiger partial charge in [0.1, 0.15) is 0 Å². The van der Waals surface area contributed by atoms with E-state index in [0.29, 0.717) is 5.39 Å². The van der Waals surface area contributed by atoms with Crippen LogP contribution in [-0.2, 0) is 13.4 Å². The van der Waals surface area contributed by atoms with E-state index >= 15 is 0 Å². The van der Waals surface area contributed by atoms with Gasteiger partial charge in [-0.1, -0.05) is 18.2 Å². The highest BCUT2D eigenvalue weighted by atomic mass is 19.4. The monoisotopic (exact) mass is 213 g/mol. The highest BCUT2D eigenvalue weighted by Crippen LogP contribution is 2.22. The van der Waals surface area contributed by atoms with E-state index in [2.05, 4.69) is 5.10 Å². The molecule has 1 aromatic heterocycles. The number of halogens is 3. The van der Waals surface area contributed by atoms with Crippen LogP contribution in [0.3, 0.4) is 0 Å². The van der Waals surface area contributed by atoms with Gasteiger partial charge < -0.3 is 12.9 Å². The molecule has 0 bridgehead atoms. The Kier molecular flexibility index (Phi) is 2.21. The fraction of sp³-hybridized carbons (Fsp3) is 0.222. The number of hydrogen-bond donors (Lipinski definition) is 0. The van der Waals surface area contributed by atoms with Crippen LogP contribution in [0.25, 0.3) is 10.9 Å². The van der Waals surface area contributed by atoms with Gasteiger partial charge >= 0.3 is 6.98 Å². The summed E-state index contributed by atoms with van der Waals surface area (Å²) in [6, 6.07) is 6.93. The molecule has 0 N–H and O–H groups in total. The standard InChI is InChI=1S/C9H9BF3N2/c1-15-9-5-3-2-4-7(9)8(14-15)6-10(11,12)13/h2-5H,6H2,1H3/q-1. The average Bonchev–Trinajstić information content (AvgIpc) is 2.42. The molecule has 0 aliphatic heterocycles. The van der Waals surface area contributed by atoms with Crippen molar-refractivity contribution in [2.45, 2.75) is 6.32 Å². The highest BCUT2D eigenvalue weighted by molar-refractivity contribution is 6.58. The van der Waals surface area contributed by atoms with Crippen molar-refractivity contribution in [2.24, 2.45) is 7.05 Å². The van der Waals surface area contributed by atoms with Crippen LogP contribution in [0.4, 0.5) is 12.9 Å². The van der Waals surface area contributed by atoms with Crippen LogP contribution in [0.2, 0.25) is 0 Å². The third kappa shape index (κ3) is 1.98. The number of fused-ring (bicyclic) bond motifs is 1. The maximum Gasteiger partial charge on any atom is 0.484 e. The molecule has 2 aromatic rings. The quantitative estimate of drug-likeness (QED) is 0.700. The highest BCUT2D eigenvalue weighted by Gasteiger charge is 2.26. The van der Waals surface area contributed by atoms with E-state index in [0.717, 1.165) is 5.52 Å². The fourth-order valence-electron chi connectivity index (χ4n) is 1.66. The van der Waals surface area contributed by atoms with E-state index in [1.165, 1.54) is 4.68 Å². The molecule has 1 heterocycles. The largest absolute Gasteiger partial charge is 0.484 e. The van der Waals surface area contributed by atoms with Crippen LogP contribution in [0.1, 0.15) is 5.69 Å². The van der Waals surface area contributed by atoms with Gasteiger partial charge in [-0.05, 0) is 12.4 Å². The fourth-order valence-corrected chi connectivity index (χ4v) is 1.66. The summed E-state index contributed by atoms with van der Waals surface area (Å²) in [5, 5.41) is 4.47. The summed E-state index contributed by atoms with van der Waals surface area (Å²) in [4.78, 5) is 0. The zero-order valence-corrected chi connectivity index (χ0v) is 8.12. The second kappa shape index (κ2) is 3.29. The number of benzene rings is 1. The molecule has 0 amide bonds. The lowest BCUT2D eigenvalue weighted by Crippen LogP contribution is -2.19. The van der Waals surface area contributed by atoms with Gasteiger partial charge in [0, 0.05) is 18.1 Å². The zero-order chi connectivity index (χ0) is 11.1. The first kappa shape index (κ1) is 10.1. The SMILES string of the molecule is Cn1nc(C[B-](F)(F)F)c2ccccc21. The van der Waals surface area contributed by atoms with Gasteiger partial charge in [-0.15, -0.1) is 0 Å². The van der Waals surface area contributed by atoms with Crippen LogP contribution in [-0.4, -0.2) is 16.8 Å². The summed E-state index contributed by atoms with van der Waals surface area (Å²) in [5.74, 6) is 0. The van der Waals surface area contributed by atoms with Gasteiger partial charge in [-0.2, -0.15) is 5.10 Å². The number of aryl methyl sites for hydroxylation is 1. The molecule has 0 saturated heterocycles. The molecule has 0 radical (unpaired) electrons. The minimum absolute atomic E-state index is 0.112. The third-order valence-corrected chi connectivity index (χ3v) is 2.26. The van der Waals surface area contributed by atoms with Crippen LogP contribution in [0.15, 0.2) is 24.3 Å². The van der Waals surface area contributed by atoms with Crippen molar-refractivity contribution in [1.82, 2.24) is 9.78 Å². The smallest absolute Gasteiger partial charge is 0.449 e. The second-order valence-electron chi connectivity index (χ2n) is 3.50. The van der Waals surface area contributed by atoms with Crippen molar-refractivity contribution in [3.8, 4) is 0 Å². The third-order valence-electron chi connectivity index (χ3n) is 2.26. The first-order chi connectivity index (χ1) is 6.97. The molecule has 2 nitrogen and oxygen atoms in total. The molecule has 6 heteroatoms. The lowest BCUT2D eigenvalue weighted by molar-refractivity contribution is 0.466. The molecular formula is C9H9BF3N2-. The number of nitrogens with zero attached hydrogens (tertiary/aromatic N) is 2. The second-order valence-corrected chi connectivity index (χ2v) is 3.50. The van der Waals surface area contributed by atoms with Crippen LogP contribution >= 0.6 is 0 Å². The van der Waals surface area contributed by atoms with E-state index in [9.17, 15) is 12.9 Å². The van der Waals surface area contributed by atoms with Crippen molar-refractivity contribution in [1.29, 1.82) is 0 Å². The maximum atomic E-state index is 12.3. The van der Waals surface area contributed by atoms with Crippen molar-refractivity contribution in [2.75, 3.05) is 0 Å². The van der Waals surface area contributed by atoms with Crippen LogP contribution in [0.5, 0.6) is 0 Å². The van der Waals surface area contributed by atoms with Gasteiger partial charge in [0.2, 0.25) is 0 Å². The molecule has 15 heavy (non-hydrogen) atoms. The van der Waals surface area contributed by atoms with Gasteiger partial charge in [0.15, 0.2) is 0 Å². The van der Waals surface area contributed by atoms with Crippen LogP contribution in [0, 0.1) is 0 Å². The van der Waals surface area contributed by atoms with Crippen molar-refractivity contribution < 1.29 is 12.9 Å². The number of hydrogen-bond acceptors (Lipinski definition) is 1. The summed E-state index contributed by atoms with van der Waals surface area (Å²) in [6.45, 7) is -4.83. The average molecular weight is 213 g/mol. The molecule has 80 valence electrons. The Balaban J connectivity index is 2.53. The minimum atomic E-state index is -4.83.